The molecule has 1 N–H and O–H groups in total. The summed E-state index contributed by atoms with van der Waals surface area (Å²) in [5, 5.41) is 8.96. The second-order valence-electron chi connectivity index (χ2n) is 6.64. The first-order chi connectivity index (χ1) is 9.12. The van der Waals surface area contributed by atoms with Gasteiger partial charge in [-0.1, -0.05) is 64.7 Å². The zero-order chi connectivity index (χ0) is 14.4. The van der Waals surface area contributed by atoms with Gasteiger partial charge < -0.3 is 9.59 Å². The quantitative estimate of drug-likeness (QED) is 0.368. The smallest absolute Gasteiger partial charge is 0.102 e. The van der Waals surface area contributed by atoms with Gasteiger partial charge in [-0.3, -0.25) is 0 Å². The van der Waals surface area contributed by atoms with Crippen molar-refractivity contribution >= 4 is 0 Å². The van der Waals surface area contributed by atoms with Crippen molar-refractivity contribution in [3.8, 4) is 0 Å². The maximum Gasteiger partial charge on any atom is 0.102 e. The van der Waals surface area contributed by atoms with Crippen molar-refractivity contribution in [2.75, 3.05) is 33.8 Å². The van der Waals surface area contributed by atoms with Gasteiger partial charge in [0, 0.05) is 0 Å². The van der Waals surface area contributed by atoms with E-state index in [1.807, 2.05) is 0 Å². The van der Waals surface area contributed by atoms with E-state index in [4.69, 9.17) is 5.11 Å². The van der Waals surface area contributed by atoms with E-state index in [1.54, 1.807) is 0 Å². The molecule has 0 aromatic rings. The van der Waals surface area contributed by atoms with Crippen molar-refractivity contribution in [1.82, 2.24) is 0 Å². The van der Waals surface area contributed by atoms with Crippen LogP contribution >= 0.6 is 0 Å². The van der Waals surface area contributed by atoms with Gasteiger partial charge in [-0.2, -0.15) is 0 Å². The van der Waals surface area contributed by atoms with Gasteiger partial charge in [-0.05, 0) is 12.8 Å². The summed E-state index contributed by atoms with van der Waals surface area (Å²) in [4.78, 5) is 0. The molecule has 19 heavy (non-hydrogen) atoms. The van der Waals surface area contributed by atoms with Gasteiger partial charge in [-0.15, -0.1) is 0 Å². The second kappa shape index (κ2) is 12.9. The summed E-state index contributed by atoms with van der Waals surface area (Å²) in [6, 6.07) is 0. The lowest BCUT2D eigenvalue weighted by atomic mass is 10.1. The normalized spacial score (nSPS) is 12.0. The predicted molar refractivity (Wildman–Crippen MR) is 85.4 cm³/mol. The molecule has 0 aromatic heterocycles. The Morgan fingerprint density at radius 3 is 1.47 bits per heavy atom. The minimum absolute atomic E-state index is 0.311. The van der Waals surface area contributed by atoms with Crippen LogP contribution in [0.25, 0.3) is 0 Å². The second-order valence-corrected chi connectivity index (χ2v) is 6.64. The van der Waals surface area contributed by atoms with Crippen molar-refractivity contribution < 1.29 is 9.59 Å². The number of unbranched alkanes of at least 4 members (excludes halogenated alkanes) is 10. The third-order valence-corrected chi connectivity index (χ3v) is 4.07. The van der Waals surface area contributed by atoms with Crippen LogP contribution in [0.2, 0.25) is 0 Å². The largest absolute Gasteiger partial charge is 0.391 e. The maximum atomic E-state index is 8.96. The minimum atomic E-state index is 0.311. The van der Waals surface area contributed by atoms with E-state index >= 15 is 0 Å². The standard InChI is InChI=1S/C17H38NO/c1-4-5-6-7-8-9-10-11-12-13-14-15-18(2,3)16-17-19/h19H,4-17H2,1-3H3/q+1. The molecule has 0 fully saturated rings. The Hall–Kier alpha value is -0.0800. The van der Waals surface area contributed by atoms with Crippen LogP contribution in [0.5, 0.6) is 0 Å². The number of likely N-dealkylation sites (N-methyl/N-ethyl adjacent to an activating group) is 1. The van der Waals surface area contributed by atoms with Crippen LogP contribution in [0.15, 0.2) is 0 Å². The molecule has 0 unspecified atom stereocenters. The summed E-state index contributed by atoms with van der Waals surface area (Å²) in [5.41, 5.74) is 0. The molecule has 0 heterocycles. The van der Waals surface area contributed by atoms with E-state index in [-0.39, 0.29) is 0 Å². The fourth-order valence-corrected chi connectivity index (χ4v) is 2.59. The van der Waals surface area contributed by atoms with Gasteiger partial charge in [-0.25, -0.2) is 0 Å². The van der Waals surface area contributed by atoms with Crippen molar-refractivity contribution in [3.05, 3.63) is 0 Å². The van der Waals surface area contributed by atoms with Gasteiger partial charge in [0.15, 0.2) is 0 Å². The molecule has 0 aromatic carbocycles. The highest BCUT2D eigenvalue weighted by Crippen LogP contribution is 2.12. The topological polar surface area (TPSA) is 20.2 Å². The van der Waals surface area contributed by atoms with Crippen molar-refractivity contribution in [3.63, 3.8) is 0 Å². The first-order valence-electron chi connectivity index (χ1n) is 8.55. The fourth-order valence-electron chi connectivity index (χ4n) is 2.59. The monoisotopic (exact) mass is 272 g/mol. The summed E-state index contributed by atoms with van der Waals surface area (Å²) in [6.07, 6.45) is 15.5. The molecule has 116 valence electrons. The van der Waals surface area contributed by atoms with E-state index in [0.29, 0.717) is 6.61 Å². The Morgan fingerprint density at radius 2 is 1.05 bits per heavy atom. The molecule has 0 amide bonds. The maximum absolute atomic E-state index is 8.96. The Morgan fingerprint density at radius 1 is 0.632 bits per heavy atom. The molecule has 0 spiro atoms. The van der Waals surface area contributed by atoms with E-state index in [9.17, 15) is 0 Å². The average molecular weight is 272 g/mol. The molecule has 0 saturated carbocycles. The molecule has 2 heteroatoms. The van der Waals surface area contributed by atoms with Gasteiger partial charge in [0.2, 0.25) is 0 Å². The third-order valence-electron chi connectivity index (χ3n) is 4.07. The lowest BCUT2D eigenvalue weighted by Gasteiger charge is -2.28. The van der Waals surface area contributed by atoms with Crippen molar-refractivity contribution in [2.45, 2.75) is 77.6 Å². The Labute approximate surface area is 121 Å². The number of hydrogen-bond acceptors (Lipinski definition) is 1. The zero-order valence-electron chi connectivity index (χ0n) is 13.8. The van der Waals surface area contributed by atoms with E-state index in [1.165, 1.54) is 77.2 Å². The van der Waals surface area contributed by atoms with E-state index < -0.39 is 0 Å². The highest BCUT2D eigenvalue weighted by atomic mass is 16.3. The summed E-state index contributed by atoms with van der Waals surface area (Å²) >= 11 is 0. The molecule has 0 aliphatic rings. The molecule has 0 aliphatic heterocycles. The third kappa shape index (κ3) is 14.1. The SMILES string of the molecule is CCCCCCCCCCCCC[N+](C)(C)CCO. The lowest BCUT2D eigenvalue weighted by molar-refractivity contribution is -0.890. The number of hydrogen-bond donors (Lipinski definition) is 1. The van der Waals surface area contributed by atoms with Gasteiger partial charge >= 0.3 is 0 Å². The fraction of sp³-hybridized carbons (Fsp3) is 1.00. The number of nitrogens with zero attached hydrogens (tertiary/aromatic N) is 1. The first kappa shape index (κ1) is 18.9. The molecule has 0 aliphatic carbocycles. The molecular weight excluding hydrogens is 234 g/mol. The first-order valence-corrected chi connectivity index (χ1v) is 8.55. The van der Waals surface area contributed by atoms with Crippen LogP contribution < -0.4 is 0 Å². The van der Waals surface area contributed by atoms with Gasteiger partial charge in [0.05, 0.1) is 27.2 Å². The van der Waals surface area contributed by atoms with Crippen LogP contribution in [0.1, 0.15) is 77.6 Å². The van der Waals surface area contributed by atoms with Crippen LogP contribution in [-0.2, 0) is 0 Å². The van der Waals surface area contributed by atoms with Gasteiger partial charge in [0.25, 0.3) is 0 Å². The molecule has 0 rings (SSSR count). The number of rotatable bonds is 14. The number of aliphatic hydroxyl groups excluding tert-OH is 1. The predicted octanol–water partition coefficient (Wildman–Crippen LogP) is 4.37. The zero-order valence-corrected chi connectivity index (χ0v) is 13.8. The molecule has 0 saturated heterocycles. The molecule has 0 atom stereocenters. The Balaban J connectivity index is 3.14. The Kier molecular flexibility index (Phi) is 12.9. The summed E-state index contributed by atoms with van der Waals surface area (Å²) in [7, 11) is 4.43. The lowest BCUT2D eigenvalue weighted by Crippen LogP contribution is -2.42. The number of quaternary nitrogens is 1. The summed E-state index contributed by atoms with van der Waals surface area (Å²) < 4.78 is 0.966. The summed E-state index contributed by atoms with van der Waals surface area (Å²) in [6.45, 7) is 4.68. The van der Waals surface area contributed by atoms with E-state index in [2.05, 4.69) is 21.0 Å². The molecule has 2 nitrogen and oxygen atoms in total. The molecule has 0 radical (unpaired) electrons. The molecular formula is C17H38NO+. The Bertz CT molecular complexity index is 180. The van der Waals surface area contributed by atoms with Gasteiger partial charge in [0.1, 0.15) is 6.54 Å². The summed E-state index contributed by atoms with van der Waals surface area (Å²) in [5.74, 6) is 0. The van der Waals surface area contributed by atoms with Crippen LogP contribution in [0.4, 0.5) is 0 Å². The van der Waals surface area contributed by atoms with Crippen molar-refractivity contribution in [2.24, 2.45) is 0 Å². The van der Waals surface area contributed by atoms with Crippen LogP contribution in [0.3, 0.4) is 0 Å². The highest BCUT2D eigenvalue weighted by Gasteiger charge is 2.12. The van der Waals surface area contributed by atoms with Crippen LogP contribution in [0, 0.1) is 0 Å². The van der Waals surface area contributed by atoms with Crippen molar-refractivity contribution in [1.29, 1.82) is 0 Å². The average Bonchev–Trinajstić information content (AvgIpc) is 2.36. The van der Waals surface area contributed by atoms with E-state index in [0.717, 1.165) is 11.0 Å². The minimum Gasteiger partial charge on any atom is -0.391 e. The molecule has 0 bridgehead atoms. The highest BCUT2D eigenvalue weighted by molar-refractivity contribution is 4.48. The van der Waals surface area contributed by atoms with Crippen LogP contribution in [-0.4, -0.2) is 43.4 Å². The number of aliphatic hydroxyl groups is 1.